The predicted molar refractivity (Wildman–Crippen MR) is 53.8 cm³/mol. The molecule has 0 unspecified atom stereocenters. The zero-order chi connectivity index (χ0) is 26.6. The van der Waals surface area contributed by atoms with Gasteiger partial charge >= 0.3 is 61.0 Å². The first-order valence-corrected chi connectivity index (χ1v) is 6.54. The zero-order valence-corrected chi connectivity index (χ0v) is 13.5. The number of ether oxygens (including phenoxy) is 2. The van der Waals surface area contributed by atoms with Crippen molar-refractivity contribution in [3.63, 3.8) is 0 Å². The van der Waals surface area contributed by atoms with Crippen LogP contribution in [0.5, 0.6) is 0 Å². The summed E-state index contributed by atoms with van der Waals surface area (Å²) in [6, 6.07) is 0. The van der Waals surface area contributed by atoms with Crippen LogP contribution in [0.3, 0.4) is 0 Å². The minimum Gasteiger partial charge on any atom is -0.268 e. The minimum atomic E-state index is -8.50. The molecule has 0 aromatic heterocycles. The average Bonchev–Trinajstić information content (AvgIpc) is 2.50. The molecular weight excluding hydrogens is 532 g/mol. The number of halogens is 20. The highest BCUT2D eigenvalue weighted by Crippen LogP contribution is 2.58. The Balaban J connectivity index is 6.50. The molecule has 2 nitrogen and oxygen atoms in total. The molecule has 0 aromatic rings. The maximum absolute atomic E-state index is 13.2. The Morgan fingerprint density at radius 3 is 0.875 bits per heavy atom. The van der Waals surface area contributed by atoms with E-state index in [2.05, 4.69) is 0 Å². The lowest BCUT2D eigenvalue weighted by molar-refractivity contribution is -0.536. The van der Waals surface area contributed by atoms with E-state index in [9.17, 15) is 87.8 Å². The minimum absolute atomic E-state index is 1.07. The van der Waals surface area contributed by atoms with Gasteiger partial charge in [-0.25, -0.2) is 17.6 Å². The van der Waals surface area contributed by atoms with E-state index >= 15 is 0 Å². The summed E-state index contributed by atoms with van der Waals surface area (Å²) in [7, 11) is 0. The van der Waals surface area contributed by atoms with Gasteiger partial charge in [0.05, 0.1) is 0 Å². The molecule has 0 N–H and O–H groups in total. The molecule has 0 aliphatic carbocycles. The Labute approximate surface area is 160 Å². The summed E-state index contributed by atoms with van der Waals surface area (Å²) in [6.45, 7) is 0. The van der Waals surface area contributed by atoms with Crippen LogP contribution in [-0.2, 0) is 9.47 Å². The van der Waals surface area contributed by atoms with Crippen molar-refractivity contribution in [3.8, 4) is 0 Å². The summed E-state index contributed by atoms with van der Waals surface area (Å²) in [5.74, 6) is -31.4. The zero-order valence-electron chi connectivity index (χ0n) is 13.5. The largest absolute Gasteiger partial charge is 0.458 e. The quantitative estimate of drug-likeness (QED) is 0.317. The van der Waals surface area contributed by atoms with Gasteiger partial charge in [0.2, 0.25) is 0 Å². The third kappa shape index (κ3) is 4.74. The highest BCUT2D eigenvalue weighted by Gasteiger charge is 2.88. The van der Waals surface area contributed by atoms with Crippen LogP contribution in [0.1, 0.15) is 0 Å². The number of rotatable bonds is 9. The lowest BCUT2D eigenvalue weighted by atomic mass is 10.1. The Hall–Kier alpha value is -1.48. The van der Waals surface area contributed by atoms with E-state index < -0.39 is 61.0 Å². The van der Waals surface area contributed by atoms with E-state index in [1.165, 1.54) is 4.74 Å². The Morgan fingerprint density at radius 1 is 0.406 bits per heavy atom. The molecule has 32 heavy (non-hydrogen) atoms. The molecule has 0 spiro atoms. The van der Waals surface area contributed by atoms with Crippen LogP contribution in [0.4, 0.5) is 87.8 Å². The van der Waals surface area contributed by atoms with Gasteiger partial charge in [-0.3, -0.25) is 9.47 Å². The Morgan fingerprint density at radius 2 is 0.656 bits per heavy atom. The van der Waals surface area contributed by atoms with Gasteiger partial charge in [-0.1, -0.05) is 0 Å². The van der Waals surface area contributed by atoms with Gasteiger partial charge in [0, 0.05) is 0 Å². The fourth-order valence-electron chi connectivity index (χ4n) is 1.33. The first kappa shape index (κ1) is 30.5. The molecule has 0 radical (unpaired) electrons. The van der Waals surface area contributed by atoms with Crippen molar-refractivity contribution in [3.05, 3.63) is 0 Å². The molecular formula is C10H2F20O2. The third-order valence-corrected chi connectivity index (χ3v) is 3.00. The second-order valence-corrected chi connectivity index (χ2v) is 5.28. The predicted octanol–water partition coefficient (Wildman–Crippen LogP) is 6.46. The van der Waals surface area contributed by atoms with Gasteiger partial charge in [0.15, 0.2) is 0 Å². The summed E-state index contributed by atoms with van der Waals surface area (Å²) in [5.41, 5.74) is 0. The number of hydrogen-bond donors (Lipinski definition) is 0. The molecule has 0 amide bonds. The maximum atomic E-state index is 13.2. The molecule has 0 atom stereocenters. The van der Waals surface area contributed by atoms with Crippen LogP contribution < -0.4 is 0 Å². The highest BCUT2D eigenvalue weighted by atomic mass is 19.4. The topological polar surface area (TPSA) is 18.5 Å². The van der Waals surface area contributed by atoms with Crippen LogP contribution in [0.2, 0.25) is 0 Å². The molecule has 0 fully saturated rings. The van der Waals surface area contributed by atoms with Crippen molar-refractivity contribution in [2.75, 3.05) is 0 Å². The van der Waals surface area contributed by atoms with Gasteiger partial charge in [-0.15, -0.1) is 0 Å². The van der Waals surface area contributed by atoms with Crippen LogP contribution in [-0.4, -0.2) is 61.0 Å². The molecule has 0 aliphatic rings. The van der Waals surface area contributed by atoms with E-state index in [0.717, 1.165) is 4.74 Å². The van der Waals surface area contributed by atoms with E-state index in [4.69, 9.17) is 0 Å². The highest BCUT2D eigenvalue weighted by molar-refractivity contribution is 5.00. The maximum Gasteiger partial charge on any atom is 0.458 e. The van der Waals surface area contributed by atoms with Crippen molar-refractivity contribution in [2.45, 2.75) is 61.0 Å². The van der Waals surface area contributed by atoms with Gasteiger partial charge in [-0.05, 0) is 0 Å². The molecule has 194 valence electrons. The fourth-order valence-corrected chi connectivity index (χ4v) is 1.33. The van der Waals surface area contributed by atoms with Crippen LogP contribution >= 0.6 is 0 Å². The first-order chi connectivity index (χ1) is 13.6. The monoisotopic (exact) mass is 534 g/mol. The molecule has 0 bridgehead atoms. The van der Waals surface area contributed by atoms with E-state index in [0.29, 0.717) is 0 Å². The standard InChI is InChI=1S/C10H2F20O2/c11-1(12)3(15,2(13)14)31-9(27,28)4(16,17)5(18,19)10(29,30)32-6(20,7(21,22)23)8(24,25)26/h1-2H. The summed E-state index contributed by atoms with van der Waals surface area (Å²) in [4.78, 5) is 0. The molecule has 0 rings (SSSR count). The van der Waals surface area contributed by atoms with Crippen LogP contribution in [0.15, 0.2) is 0 Å². The van der Waals surface area contributed by atoms with Crippen molar-refractivity contribution in [2.24, 2.45) is 0 Å². The van der Waals surface area contributed by atoms with Gasteiger partial charge < -0.3 is 0 Å². The summed E-state index contributed by atoms with van der Waals surface area (Å²) in [5, 5.41) is 0. The molecule has 22 heteroatoms. The SMILES string of the molecule is FC(F)C(F)(OC(F)(F)C(F)(F)C(F)(F)C(F)(F)OC(F)(C(F)(F)F)C(F)(F)F)C(F)F. The molecule has 0 aromatic carbocycles. The summed E-state index contributed by atoms with van der Waals surface area (Å²) < 4.78 is 254. The summed E-state index contributed by atoms with van der Waals surface area (Å²) in [6.07, 6.45) is -43.0. The van der Waals surface area contributed by atoms with E-state index in [1.54, 1.807) is 0 Å². The first-order valence-electron chi connectivity index (χ1n) is 6.54. The lowest BCUT2D eigenvalue weighted by Gasteiger charge is -2.40. The smallest absolute Gasteiger partial charge is 0.268 e. The Kier molecular flexibility index (Phi) is 7.70. The number of hydrogen-bond acceptors (Lipinski definition) is 2. The fraction of sp³-hybridized carbons (Fsp3) is 1.00. The second kappa shape index (κ2) is 8.08. The molecule has 0 saturated heterocycles. The van der Waals surface area contributed by atoms with Gasteiger partial charge in [0.1, 0.15) is 0 Å². The van der Waals surface area contributed by atoms with Crippen molar-refractivity contribution >= 4 is 0 Å². The average molecular weight is 534 g/mol. The van der Waals surface area contributed by atoms with Crippen molar-refractivity contribution < 1.29 is 97.3 Å². The lowest BCUT2D eigenvalue weighted by Crippen LogP contribution is -2.69. The van der Waals surface area contributed by atoms with Crippen molar-refractivity contribution in [1.82, 2.24) is 0 Å². The van der Waals surface area contributed by atoms with Crippen LogP contribution in [0, 0.1) is 0 Å². The molecule has 0 saturated carbocycles. The second-order valence-electron chi connectivity index (χ2n) is 5.28. The third-order valence-electron chi connectivity index (χ3n) is 3.00. The van der Waals surface area contributed by atoms with Crippen molar-refractivity contribution in [1.29, 1.82) is 0 Å². The number of alkyl halides is 20. The molecule has 0 aliphatic heterocycles. The van der Waals surface area contributed by atoms with E-state index in [-0.39, 0.29) is 0 Å². The normalized spacial score (nSPS) is 16.3. The van der Waals surface area contributed by atoms with E-state index in [1.807, 2.05) is 0 Å². The molecule has 0 heterocycles. The Bertz CT molecular complexity index is 624. The summed E-state index contributed by atoms with van der Waals surface area (Å²) >= 11 is 0. The van der Waals surface area contributed by atoms with Gasteiger partial charge in [0.25, 0.3) is 0 Å². The van der Waals surface area contributed by atoms with Gasteiger partial charge in [-0.2, -0.15) is 70.2 Å². The van der Waals surface area contributed by atoms with Crippen LogP contribution in [0.25, 0.3) is 0 Å².